The summed E-state index contributed by atoms with van der Waals surface area (Å²) in [4.78, 5) is 14.3. The average molecular weight is 279 g/mol. The summed E-state index contributed by atoms with van der Waals surface area (Å²) in [5.74, 6) is -0.223. The Labute approximate surface area is 124 Å². The number of anilines is 1. The summed E-state index contributed by atoms with van der Waals surface area (Å²) in [7, 11) is 0. The van der Waals surface area contributed by atoms with Crippen LogP contribution in [0.25, 0.3) is 0 Å². The van der Waals surface area contributed by atoms with Crippen LogP contribution in [0, 0.1) is 0 Å². The lowest BCUT2D eigenvalue weighted by Crippen LogP contribution is -2.17. The second kappa shape index (κ2) is 4.92. The molecule has 3 heteroatoms. The van der Waals surface area contributed by atoms with Gasteiger partial charge in [-0.25, -0.2) is 4.79 Å². The highest BCUT2D eigenvalue weighted by Crippen LogP contribution is 2.36. The molecule has 1 saturated heterocycles. The smallest absolute Gasteiger partial charge is 0.339 e. The highest BCUT2D eigenvalue weighted by molar-refractivity contribution is 5.94. The van der Waals surface area contributed by atoms with Crippen molar-refractivity contribution < 1.29 is 9.53 Å². The van der Waals surface area contributed by atoms with Crippen molar-refractivity contribution in [2.24, 2.45) is 0 Å². The molecule has 0 aliphatic carbocycles. The molecule has 0 aromatic heterocycles. The summed E-state index contributed by atoms with van der Waals surface area (Å²) in [6.07, 6.45) is 2.28. The molecular weight excluding hydrogens is 262 g/mol. The van der Waals surface area contributed by atoms with Gasteiger partial charge in [0.2, 0.25) is 0 Å². The summed E-state index contributed by atoms with van der Waals surface area (Å²) in [5, 5.41) is 0. The van der Waals surface area contributed by atoms with Gasteiger partial charge in [0.15, 0.2) is 6.10 Å². The molecule has 1 unspecified atom stereocenters. The molecule has 3 nitrogen and oxygen atoms in total. The monoisotopic (exact) mass is 279 g/mol. The van der Waals surface area contributed by atoms with E-state index in [4.69, 9.17) is 4.74 Å². The fourth-order valence-corrected chi connectivity index (χ4v) is 3.23. The number of carbonyl (C=O) groups is 1. The van der Waals surface area contributed by atoms with Crippen molar-refractivity contribution in [1.29, 1.82) is 0 Å². The fourth-order valence-electron chi connectivity index (χ4n) is 3.23. The zero-order valence-corrected chi connectivity index (χ0v) is 11.8. The lowest BCUT2D eigenvalue weighted by molar-refractivity contribution is 0.0456. The predicted octanol–water partition coefficient (Wildman–Crippen LogP) is 3.55. The van der Waals surface area contributed by atoms with Crippen molar-refractivity contribution in [2.75, 3.05) is 18.0 Å². The average Bonchev–Trinajstić information content (AvgIpc) is 3.17. The molecule has 1 fully saturated rings. The summed E-state index contributed by atoms with van der Waals surface area (Å²) in [6.45, 7) is 2.28. The minimum absolute atomic E-state index is 0.223. The number of esters is 1. The second-order valence-corrected chi connectivity index (χ2v) is 5.66. The second-order valence-electron chi connectivity index (χ2n) is 5.66. The SMILES string of the molecule is O=C1OC(c2ccc(N3CCCC3)cc2)c2ccccc21. The van der Waals surface area contributed by atoms with Crippen LogP contribution in [-0.4, -0.2) is 19.1 Å². The van der Waals surface area contributed by atoms with Crippen LogP contribution in [0.4, 0.5) is 5.69 Å². The highest BCUT2D eigenvalue weighted by atomic mass is 16.5. The van der Waals surface area contributed by atoms with Gasteiger partial charge >= 0.3 is 5.97 Å². The maximum atomic E-state index is 11.9. The zero-order valence-electron chi connectivity index (χ0n) is 11.8. The van der Waals surface area contributed by atoms with Crippen LogP contribution in [0.2, 0.25) is 0 Å². The standard InChI is InChI=1S/C18H17NO2/c20-18-16-6-2-1-5-15(16)17(21-18)13-7-9-14(10-8-13)19-11-3-4-12-19/h1-2,5-10,17H,3-4,11-12H2. The molecule has 21 heavy (non-hydrogen) atoms. The molecule has 1 atom stereocenters. The molecule has 0 bridgehead atoms. The van der Waals surface area contributed by atoms with Crippen LogP contribution < -0.4 is 4.90 Å². The van der Waals surface area contributed by atoms with Crippen molar-refractivity contribution in [1.82, 2.24) is 0 Å². The van der Waals surface area contributed by atoms with Crippen LogP contribution in [0.1, 0.15) is 40.4 Å². The molecule has 2 aliphatic heterocycles. The Morgan fingerprint density at radius 1 is 0.952 bits per heavy atom. The number of cyclic esters (lactones) is 1. The van der Waals surface area contributed by atoms with Crippen molar-refractivity contribution in [3.05, 3.63) is 65.2 Å². The minimum atomic E-state index is -0.263. The van der Waals surface area contributed by atoms with Crippen molar-refractivity contribution >= 4 is 11.7 Å². The number of carbonyl (C=O) groups excluding carboxylic acids is 1. The van der Waals surface area contributed by atoms with Crippen molar-refractivity contribution in [3.63, 3.8) is 0 Å². The van der Waals surface area contributed by atoms with Gasteiger partial charge in [-0.3, -0.25) is 0 Å². The molecule has 2 aliphatic rings. The van der Waals surface area contributed by atoms with Gasteiger partial charge in [0.1, 0.15) is 0 Å². The first-order valence-electron chi connectivity index (χ1n) is 7.48. The van der Waals surface area contributed by atoms with Gasteiger partial charge in [0.25, 0.3) is 0 Å². The van der Waals surface area contributed by atoms with Gasteiger partial charge in [-0.2, -0.15) is 0 Å². The Morgan fingerprint density at radius 3 is 2.43 bits per heavy atom. The van der Waals surface area contributed by atoms with Gasteiger partial charge in [0, 0.05) is 24.3 Å². The van der Waals surface area contributed by atoms with Crippen LogP contribution in [0.5, 0.6) is 0 Å². The van der Waals surface area contributed by atoms with E-state index in [1.807, 2.05) is 24.3 Å². The zero-order chi connectivity index (χ0) is 14.2. The quantitative estimate of drug-likeness (QED) is 0.787. The molecule has 2 heterocycles. The predicted molar refractivity (Wildman–Crippen MR) is 81.6 cm³/mol. The third-order valence-electron chi connectivity index (χ3n) is 4.36. The number of ether oxygens (including phenoxy) is 1. The van der Waals surface area contributed by atoms with E-state index in [1.54, 1.807) is 0 Å². The van der Waals surface area contributed by atoms with Gasteiger partial charge < -0.3 is 9.64 Å². The Balaban J connectivity index is 1.64. The number of nitrogens with zero attached hydrogens (tertiary/aromatic N) is 1. The Morgan fingerprint density at radius 2 is 1.67 bits per heavy atom. The molecule has 106 valence electrons. The largest absolute Gasteiger partial charge is 0.449 e. The summed E-state index contributed by atoms with van der Waals surface area (Å²) in [6, 6.07) is 16.0. The van der Waals surface area contributed by atoms with Crippen LogP contribution in [-0.2, 0) is 4.74 Å². The molecule has 2 aromatic carbocycles. The van der Waals surface area contributed by atoms with Gasteiger partial charge in [-0.1, -0.05) is 30.3 Å². The Hall–Kier alpha value is -2.29. The van der Waals surface area contributed by atoms with Gasteiger partial charge in [-0.15, -0.1) is 0 Å². The summed E-state index contributed by atoms with van der Waals surface area (Å²) in [5.41, 5.74) is 3.95. The lowest BCUT2D eigenvalue weighted by atomic mass is 9.99. The van der Waals surface area contributed by atoms with Crippen LogP contribution >= 0.6 is 0 Å². The van der Waals surface area contributed by atoms with E-state index in [2.05, 4.69) is 29.2 Å². The number of hydrogen-bond acceptors (Lipinski definition) is 3. The molecule has 0 saturated carbocycles. The maximum Gasteiger partial charge on any atom is 0.339 e. The van der Waals surface area contributed by atoms with Crippen molar-refractivity contribution in [3.8, 4) is 0 Å². The van der Waals surface area contributed by atoms with E-state index >= 15 is 0 Å². The Kier molecular flexibility index (Phi) is 2.92. The topological polar surface area (TPSA) is 29.5 Å². The minimum Gasteiger partial charge on any atom is -0.449 e. The van der Waals surface area contributed by atoms with Crippen molar-refractivity contribution in [2.45, 2.75) is 18.9 Å². The Bertz CT molecular complexity index is 672. The van der Waals surface area contributed by atoms with E-state index in [0.717, 1.165) is 24.2 Å². The molecule has 0 spiro atoms. The molecule has 0 amide bonds. The normalized spacial score (nSPS) is 20.5. The van der Waals surface area contributed by atoms with Gasteiger partial charge in [0.05, 0.1) is 5.56 Å². The number of benzene rings is 2. The summed E-state index contributed by atoms with van der Waals surface area (Å²) >= 11 is 0. The third kappa shape index (κ3) is 2.09. The van der Waals surface area contributed by atoms with Crippen LogP contribution in [0.3, 0.4) is 0 Å². The maximum absolute atomic E-state index is 11.9. The van der Waals surface area contributed by atoms with E-state index in [1.165, 1.54) is 18.5 Å². The molecule has 0 radical (unpaired) electrons. The van der Waals surface area contributed by atoms with E-state index in [-0.39, 0.29) is 12.1 Å². The fraction of sp³-hybridized carbons (Fsp3) is 0.278. The number of rotatable bonds is 2. The first-order valence-corrected chi connectivity index (χ1v) is 7.48. The molecule has 2 aromatic rings. The molecular formula is C18H17NO2. The van der Waals surface area contributed by atoms with Gasteiger partial charge in [-0.05, 0) is 36.6 Å². The van der Waals surface area contributed by atoms with E-state index in [9.17, 15) is 4.79 Å². The number of fused-ring (bicyclic) bond motifs is 1. The molecule has 4 rings (SSSR count). The van der Waals surface area contributed by atoms with Crippen LogP contribution in [0.15, 0.2) is 48.5 Å². The molecule has 0 N–H and O–H groups in total. The first-order chi connectivity index (χ1) is 10.3. The summed E-state index contributed by atoms with van der Waals surface area (Å²) < 4.78 is 5.53. The first kappa shape index (κ1) is 12.5. The lowest BCUT2D eigenvalue weighted by Gasteiger charge is -2.18. The van der Waals surface area contributed by atoms with E-state index in [0.29, 0.717) is 5.56 Å². The number of hydrogen-bond donors (Lipinski definition) is 0. The third-order valence-corrected chi connectivity index (χ3v) is 4.36. The highest BCUT2D eigenvalue weighted by Gasteiger charge is 2.31. The van der Waals surface area contributed by atoms with E-state index < -0.39 is 0 Å².